The van der Waals surface area contributed by atoms with E-state index in [2.05, 4.69) is 29.1 Å². The maximum atomic E-state index is 12.5. The van der Waals surface area contributed by atoms with Crippen molar-refractivity contribution in [2.24, 2.45) is 5.92 Å². The van der Waals surface area contributed by atoms with Crippen LogP contribution < -0.4 is 10.2 Å². The number of nitrogens with one attached hydrogen (secondary N) is 1. The molecule has 1 unspecified atom stereocenters. The Balaban J connectivity index is 1.57. The molecule has 0 spiro atoms. The summed E-state index contributed by atoms with van der Waals surface area (Å²) in [6.07, 6.45) is 6.82. The fourth-order valence-electron chi connectivity index (χ4n) is 3.56. The van der Waals surface area contributed by atoms with Crippen LogP contribution in [-0.4, -0.2) is 35.3 Å². The van der Waals surface area contributed by atoms with Gasteiger partial charge in [0.15, 0.2) is 0 Å². The second-order valence-electron chi connectivity index (χ2n) is 8.42. The van der Waals surface area contributed by atoms with Crippen LogP contribution in [0.1, 0.15) is 37.9 Å². The predicted molar refractivity (Wildman–Crippen MR) is 133 cm³/mol. The Bertz CT molecular complexity index is 1050. The zero-order valence-corrected chi connectivity index (χ0v) is 19.6. The fourth-order valence-corrected chi connectivity index (χ4v) is 3.56. The van der Waals surface area contributed by atoms with Crippen molar-refractivity contribution in [1.29, 1.82) is 0 Å². The average Bonchev–Trinajstić information content (AvgIpc) is 2.82. The van der Waals surface area contributed by atoms with Gasteiger partial charge < -0.3 is 15.0 Å². The van der Waals surface area contributed by atoms with Crippen molar-refractivity contribution in [2.45, 2.75) is 40.0 Å². The van der Waals surface area contributed by atoms with Crippen molar-refractivity contribution in [2.75, 3.05) is 23.3 Å². The van der Waals surface area contributed by atoms with Crippen LogP contribution in [0.25, 0.3) is 11.1 Å². The Morgan fingerprint density at radius 3 is 2.52 bits per heavy atom. The van der Waals surface area contributed by atoms with Gasteiger partial charge in [-0.2, -0.15) is 0 Å². The van der Waals surface area contributed by atoms with E-state index in [1.807, 2.05) is 54.3 Å². The van der Waals surface area contributed by atoms with Crippen molar-refractivity contribution < 1.29 is 9.59 Å². The van der Waals surface area contributed by atoms with Crippen LogP contribution in [0.15, 0.2) is 60.9 Å². The van der Waals surface area contributed by atoms with Crippen LogP contribution >= 0.6 is 0 Å². The molecule has 6 heteroatoms. The van der Waals surface area contributed by atoms with E-state index in [9.17, 15) is 9.59 Å². The second-order valence-corrected chi connectivity index (χ2v) is 8.42. The van der Waals surface area contributed by atoms with Gasteiger partial charge in [-0.25, -0.2) is 4.98 Å². The summed E-state index contributed by atoms with van der Waals surface area (Å²) in [5.41, 5.74) is 4.98. The number of aryl methyl sites for hydroxylation is 1. The van der Waals surface area contributed by atoms with Crippen molar-refractivity contribution in [1.82, 2.24) is 9.97 Å². The summed E-state index contributed by atoms with van der Waals surface area (Å²) >= 11 is 0. The highest BCUT2D eigenvalue weighted by Crippen LogP contribution is 2.21. The summed E-state index contributed by atoms with van der Waals surface area (Å²) in [6.45, 7) is 7.48. The van der Waals surface area contributed by atoms with Gasteiger partial charge in [0, 0.05) is 18.4 Å². The molecule has 0 aliphatic carbocycles. The fraction of sp³-hybridized carbons (Fsp3) is 0.333. The molecule has 1 atom stereocenters. The summed E-state index contributed by atoms with van der Waals surface area (Å²) in [6, 6.07) is 15.7. The van der Waals surface area contributed by atoms with E-state index in [-0.39, 0.29) is 12.3 Å². The number of aldehydes is 1. The van der Waals surface area contributed by atoms with Gasteiger partial charge in [0.25, 0.3) is 0 Å². The van der Waals surface area contributed by atoms with Gasteiger partial charge in [-0.15, -0.1) is 0 Å². The molecule has 1 N–H and O–H groups in total. The first-order chi connectivity index (χ1) is 16.0. The van der Waals surface area contributed by atoms with Crippen LogP contribution in [0.2, 0.25) is 0 Å². The molecule has 6 nitrogen and oxygen atoms in total. The number of benzene rings is 1. The molecule has 0 aliphatic heterocycles. The molecule has 3 aromatic rings. The van der Waals surface area contributed by atoms with Crippen LogP contribution in [0.5, 0.6) is 0 Å². The van der Waals surface area contributed by atoms with E-state index in [4.69, 9.17) is 0 Å². The second kappa shape index (κ2) is 11.9. The molecule has 0 aliphatic rings. The lowest BCUT2D eigenvalue weighted by molar-refractivity contribution is -0.115. The zero-order valence-electron chi connectivity index (χ0n) is 19.6. The largest absolute Gasteiger partial charge is 0.363 e. The summed E-state index contributed by atoms with van der Waals surface area (Å²) in [7, 11) is 0. The number of amides is 1. The third-order valence-electron chi connectivity index (χ3n) is 5.81. The first-order valence-corrected chi connectivity index (χ1v) is 11.4. The molecule has 0 fully saturated rings. The first kappa shape index (κ1) is 24.1. The minimum atomic E-state index is -0.121. The minimum absolute atomic E-state index is 0.121. The molecule has 1 amide bonds. The smallest absolute Gasteiger partial charge is 0.229 e. The predicted octanol–water partition coefficient (Wildman–Crippen LogP) is 5.07. The molecule has 3 rings (SSSR count). The minimum Gasteiger partial charge on any atom is -0.363 e. The van der Waals surface area contributed by atoms with Crippen molar-refractivity contribution in [3.63, 3.8) is 0 Å². The number of hydrogen-bond donors (Lipinski definition) is 1. The summed E-state index contributed by atoms with van der Waals surface area (Å²) < 4.78 is 0. The Morgan fingerprint density at radius 2 is 1.88 bits per heavy atom. The molecule has 0 saturated carbocycles. The highest BCUT2D eigenvalue weighted by atomic mass is 16.1. The van der Waals surface area contributed by atoms with E-state index in [1.54, 1.807) is 18.5 Å². The molecule has 172 valence electrons. The van der Waals surface area contributed by atoms with Crippen LogP contribution in [-0.2, 0) is 16.0 Å². The Labute approximate surface area is 196 Å². The third-order valence-corrected chi connectivity index (χ3v) is 5.81. The van der Waals surface area contributed by atoms with E-state index >= 15 is 0 Å². The number of pyridine rings is 2. The molecule has 0 bridgehead atoms. The molecule has 33 heavy (non-hydrogen) atoms. The molecular formula is C27H32N4O2. The van der Waals surface area contributed by atoms with Gasteiger partial charge in [-0.05, 0) is 60.2 Å². The topological polar surface area (TPSA) is 75.2 Å². The molecular weight excluding hydrogens is 412 g/mol. The highest BCUT2D eigenvalue weighted by Gasteiger charge is 2.10. The number of nitrogens with zero attached hydrogens (tertiary/aromatic N) is 3. The Kier molecular flexibility index (Phi) is 8.70. The van der Waals surface area contributed by atoms with Gasteiger partial charge >= 0.3 is 0 Å². The lowest BCUT2D eigenvalue weighted by atomic mass is 10.0. The number of carbonyl (C=O) groups is 2. The van der Waals surface area contributed by atoms with Gasteiger partial charge in [-0.1, -0.05) is 44.5 Å². The molecule has 0 radical (unpaired) electrons. The van der Waals surface area contributed by atoms with E-state index in [1.165, 1.54) is 0 Å². The number of rotatable bonds is 11. The van der Waals surface area contributed by atoms with Crippen LogP contribution in [0.4, 0.5) is 11.5 Å². The highest BCUT2D eigenvalue weighted by molar-refractivity contribution is 5.91. The normalized spacial score (nSPS) is 11.6. The number of aromatic nitrogens is 2. The van der Waals surface area contributed by atoms with E-state index in [0.29, 0.717) is 18.3 Å². The van der Waals surface area contributed by atoms with Crippen molar-refractivity contribution in [3.8, 4) is 11.1 Å². The zero-order chi connectivity index (χ0) is 23.6. The molecule has 2 aromatic heterocycles. The van der Waals surface area contributed by atoms with Gasteiger partial charge in [0.1, 0.15) is 12.1 Å². The Hall–Kier alpha value is -3.54. The SMILES string of the molecule is CCC(C)CCN(CC=O)c1ccc(NC(=O)Cc2ccc(-c3ccnc(C)c3)cc2)nc1. The summed E-state index contributed by atoms with van der Waals surface area (Å²) in [4.78, 5) is 34.2. The van der Waals surface area contributed by atoms with Crippen molar-refractivity contribution in [3.05, 3.63) is 72.2 Å². The van der Waals surface area contributed by atoms with Gasteiger partial charge in [0.05, 0.1) is 24.8 Å². The summed E-state index contributed by atoms with van der Waals surface area (Å²) in [5.74, 6) is 0.985. The van der Waals surface area contributed by atoms with E-state index in [0.717, 1.165) is 53.7 Å². The number of carbonyl (C=O) groups excluding carboxylic acids is 2. The van der Waals surface area contributed by atoms with Crippen molar-refractivity contribution >= 4 is 23.7 Å². The molecule has 0 saturated heterocycles. The maximum Gasteiger partial charge on any atom is 0.229 e. The molecule has 1 aromatic carbocycles. The molecule has 2 heterocycles. The lowest BCUT2D eigenvalue weighted by Gasteiger charge is -2.23. The monoisotopic (exact) mass is 444 g/mol. The Morgan fingerprint density at radius 1 is 1.09 bits per heavy atom. The first-order valence-electron chi connectivity index (χ1n) is 11.4. The maximum absolute atomic E-state index is 12.5. The van der Waals surface area contributed by atoms with Crippen LogP contribution in [0.3, 0.4) is 0 Å². The lowest BCUT2D eigenvalue weighted by Crippen LogP contribution is -2.27. The van der Waals surface area contributed by atoms with Gasteiger partial charge in [0.2, 0.25) is 5.91 Å². The van der Waals surface area contributed by atoms with Gasteiger partial charge in [-0.3, -0.25) is 9.78 Å². The number of hydrogen-bond acceptors (Lipinski definition) is 5. The quantitative estimate of drug-likeness (QED) is 0.418. The average molecular weight is 445 g/mol. The number of anilines is 2. The summed E-state index contributed by atoms with van der Waals surface area (Å²) in [5, 5.41) is 2.86. The van der Waals surface area contributed by atoms with Crippen LogP contribution in [0, 0.1) is 12.8 Å². The third kappa shape index (κ3) is 7.24. The van der Waals surface area contributed by atoms with E-state index < -0.39 is 0 Å². The standard InChI is InChI=1S/C27H32N4O2/c1-4-20(2)12-14-31(15-16-32)25-9-10-26(29-19-25)30-27(33)18-22-5-7-23(8-6-22)24-11-13-28-21(3)17-24/h5-11,13,16-17,19-20H,4,12,14-15,18H2,1-3H3,(H,29,30,33).